The summed E-state index contributed by atoms with van der Waals surface area (Å²) in [5, 5.41) is 20.1. The Labute approximate surface area is 121 Å². The molecule has 2 rings (SSSR count). The summed E-state index contributed by atoms with van der Waals surface area (Å²) in [6.45, 7) is 2.31. The van der Waals surface area contributed by atoms with Gasteiger partial charge in [-0.1, -0.05) is 6.42 Å². The number of ether oxygens (including phenoxy) is 1. The molecule has 1 fully saturated rings. The Hall–Kier alpha value is -0.780. The van der Waals surface area contributed by atoms with E-state index in [1.807, 2.05) is 6.92 Å². The molecule has 1 aliphatic carbocycles. The molecule has 0 saturated heterocycles. The molecule has 4 N–H and O–H groups in total. The molecule has 1 aromatic rings. The average Bonchev–Trinajstić information content (AvgIpc) is 2.31. The third-order valence-electron chi connectivity index (χ3n) is 3.74. The number of rotatable bonds is 5. The van der Waals surface area contributed by atoms with Crippen molar-refractivity contribution >= 4 is 15.9 Å². The second-order valence-electron chi connectivity index (χ2n) is 4.99. The van der Waals surface area contributed by atoms with Crippen LogP contribution in [0, 0.1) is 5.92 Å². The molecule has 1 aliphatic rings. The highest BCUT2D eigenvalue weighted by molar-refractivity contribution is 9.10. The number of hydrogen-bond donors (Lipinski definition) is 3. The van der Waals surface area contributed by atoms with Gasteiger partial charge in [0.05, 0.1) is 23.2 Å². The molecule has 0 heterocycles. The summed E-state index contributed by atoms with van der Waals surface area (Å²) in [6, 6.07) is 2.99. The van der Waals surface area contributed by atoms with Crippen LogP contribution in [-0.4, -0.2) is 22.9 Å². The second-order valence-corrected chi connectivity index (χ2v) is 5.84. The topological polar surface area (TPSA) is 75.7 Å². The Morgan fingerprint density at radius 2 is 2.16 bits per heavy atom. The van der Waals surface area contributed by atoms with Crippen molar-refractivity contribution in [1.29, 1.82) is 0 Å². The minimum Gasteiger partial charge on any atom is -0.503 e. The highest BCUT2D eigenvalue weighted by Gasteiger charge is 2.31. The molecule has 0 aromatic heterocycles. The highest BCUT2D eigenvalue weighted by Crippen LogP contribution is 2.39. The molecule has 19 heavy (non-hydrogen) atoms. The molecule has 0 bridgehead atoms. The maximum absolute atomic E-state index is 10.2. The van der Waals surface area contributed by atoms with Crippen LogP contribution < -0.4 is 10.5 Å². The van der Waals surface area contributed by atoms with Gasteiger partial charge in [0.2, 0.25) is 0 Å². The lowest BCUT2D eigenvalue weighted by Gasteiger charge is -2.34. The van der Waals surface area contributed by atoms with Crippen molar-refractivity contribution in [3.05, 3.63) is 22.2 Å². The third-order valence-corrected chi connectivity index (χ3v) is 4.34. The number of phenols is 1. The average molecular weight is 330 g/mol. The number of aromatic hydroxyl groups is 1. The van der Waals surface area contributed by atoms with Gasteiger partial charge >= 0.3 is 0 Å². The van der Waals surface area contributed by atoms with Crippen LogP contribution in [0.1, 0.15) is 37.8 Å². The van der Waals surface area contributed by atoms with Crippen molar-refractivity contribution in [3.63, 3.8) is 0 Å². The van der Waals surface area contributed by atoms with Crippen LogP contribution in [0.5, 0.6) is 11.5 Å². The minimum atomic E-state index is -0.542. The Morgan fingerprint density at radius 3 is 2.68 bits per heavy atom. The SMILES string of the molecule is CCOc1cc([C@H](N)[C@H](O)C2CCC2)cc(Br)c1O. The van der Waals surface area contributed by atoms with E-state index in [0.717, 1.165) is 24.8 Å². The van der Waals surface area contributed by atoms with Crippen molar-refractivity contribution in [3.8, 4) is 11.5 Å². The van der Waals surface area contributed by atoms with Crippen molar-refractivity contribution in [2.24, 2.45) is 11.7 Å². The van der Waals surface area contributed by atoms with Crippen LogP contribution >= 0.6 is 15.9 Å². The van der Waals surface area contributed by atoms with Crippen molar-refractivity contribution in [2.45, 2.75) is 38.3 Å². The molecule has 1 saturated carbocycles. The van der Waals surface area contributed by atoms with Gasteiger partial charge in [0.15, 0.2) is 11.5 Å². The standard InChI is InChI=1S/C14H20BrNO3/c1-2-19-11-7-9(6-10(15)14(11)18)12(16)13(17)8-4-3-5-8/h6-8,12-13,17-18H,2-5,16H2,1H3/t12-,13+/m0/s1. The van der Waals surface area contributed by atoms with Crippen molar-refractivity contribution < 1.29 is 14.9 Å². The quantitative estimate of drug-likeness (QED) is 0.776. The van der Waals surface area contributed by atoms with Crippen LogP contribution in [0.15, 0.2) is 16.6 Å². The summed E-state index contributed by atoms with van der Waals surface area (Å²) >= 11 is 3.29. The monoisotopic (exact) mass is 329 g/mol. The summed E-state index contributed by atoms with van der Waals surface area (Å²) in [7, 11) is 0. The summed E-state index contributed by atoms with van der Waals surface area (Å²) in [5.41, 5.74) is 6.90. The van der Waals surface area contributed by atoms with Crippen LogP contribution in [-0.2, 0) is 0 Å². The highest BCUT2D eigenvalue weighted by atomic mass is 79.9. The zero-order valence-corrected chi connectivity index (χ0v) is 12.6. The number of hydrogen-bond acceptors (Lipinski definition) is 4. The fourth-order valence-corrected chi connectivity index (χ4v) is 2.78. The Kier molecular flexibility index (Phi) is 4.71. The Balaban J connectivity index is 2.23. The number of benzene rings is 1. The van der Waals surface area contributed by atoms with Crippen LogP contribution in [0.3, 0.4) is 0 Å². The maximum atomic E-state index is 10.2. The van der Waals surface area contributed by atoms with Gasteiger partial charge in [0.25, 0.3) is 0 Å². The molecule has 1 aromatic carbocycles. The first-order valence-electron chi connectivity index (χ1n) is 6.63. The Morgan fingerprint density at radius 1 is 1.47 bits per heavy atom. The van der Waals surface area contributed by atoms with Gasteiger partial charge < -0.3 is 20.7 Å². The number of phenolic OH excluding ortho intramolecular Hbond substituents is 1. The molecule has 4 nitrogen and oxygen atoms in total. The first-order chi connectivity index (χ1) is 9.04. The predicted octanol–water partition coefficient (Wildman–Crippen LogP) is 2.71. The molecule has 0 amide bonds. The van der Waals surface area contributed by atoms with Crippen molar-refractivity contribution in [2.75, 3.05) is 6.61 Å². The number of aliphatic hydroxyl groups excluding tert-OH is 1. The van der Waals surface area contributed by atoms with E-state index in [2.05, 4.69) is 15.9 Å². The third kappa shape index (κ3) is 3.04. The summed E-state index contributed by atoms with van der Waals surface area (Å²) in [5.74, 6) is 0.747. The lowest BCUT2D eigenvalue weighted by Crippen LogP contribution is -2.36. The fourth-order valence-electron chi connectivity index (χ4n) is 2.32. The Bertz CT molecular complexity index is 449. The van der Waals surface area contributed by atoms with E-state index in [9.17, 15) is 10.2 Å². The van der Waals surface area contributed by atoms with E-state index in [1.165, 1.54) is 0 Å². The van der Waals surface area contributed by atoms with Crippen molar-refractivity contribution in [1.82, 2.24) is 0 Å². The van der Waals surface area contributed by atoms with Gasteiger partial charge in [0.1, 0.15) is 0 Å². The molecule has 0 aliphatic heterocycles. The van der Waals surface area contributed by atoms with Gasteiger partial charge in [-0.15, -0.1) is 0 Å². The van der Waals surface area contributed by atoms with E-state index < -0.39 is 12.1 Å². The van der Waals surface area contributed by atoms with Crippen LogP contribution in [0.2, 0.25) is 0 Å². The van der Waals surface area contributed by atoms with E-state index in [4.69, 9.17) is 10.5 Å². The molecular weight excluding hydrogens is 310 g/mol. The van der Waals surface area contributed by atoms with E-state index >= 15 is 0 Å². The predicted molar refractivity (Wildman–Crippen MR) is 77.3 cm³/mol. The molecule has 0 radical (unpaired) electrons. The van der Waals surface area contributed by atoms with E-state index in [1.54, 1.807) is 12.1 Å². The van der Waals surface area contributed by atoms with Gasteiger partial charge in [-0.25, -0.2) is 0 Å². The van der Waals surface area contributed by atoms with Gasteiger partial charge in [-0.05, 0) is 59.3 Å². The zero-order valence-electron chi connectivity index (χ0n) is 11.0. The molecule has 0 spiro atoms. The molecule has 5 heteroatoms. The lowest BCUT2D eigenvalue weighted by molar-refractivity contribution is 0.0413. The summed E-state index contributed by atoms with van der Waals surface area (Å²) in [4.78, 5) is 0. The molecule has 0 unspecified atom stereocenters. The van der Waals surface area contributed by atoms with E-state index in [-0.39, 0.29) is 11.7 Å². The maximum Gasteiger partial charge on any atom is 0.172 e. The van der Waals surface area contributed by atoms with Gasteiger partial charge in [-0.2, -0.15) is 0 Å². The number of halogens is 1. The summed E-state index contributed by atoms with van der Waals surface area (Å²) in [6.07, 6.45) is 2.69. The first-order valence-corrected chi connectivity index (χ1v) is 7.42. The zero-order chi connectivity index (χ0) is 14.0. The molecule has 2 atom stereocenters. The fraction of sp³-hybridized carbons (Fsp3) is 0.571. The number of aliphatic hydroxyl groups is 1. The first kappa shape index (κ1) is 14.6. The van der Waals surface area contributed by atoms with Gasteiger partial charge in [-0.3, -0.25) is 0 Å². The number of nitrogens with two attached hydrogens (primary N) is 1. The minimum absolute atomic E-state index is 0.0657. The second kappa shape index (κ2) is 6.11. The molecular formula is C14H20BrNO3. The van der Waals surface area contributed by atoms with Crippen LogP contribution in [0.25, 0.3) is 0 Å². The summed E-state index contributed by atoms with van der Waals surface area (Å²) < 4.78 is 5.90. The smallest absolute Gasteiger partial charge is 0.172 e. The molecule has 106 valence electrons. The largest absolute Gasteiger partial charge is 0.503 e. The lowest BCUT2D eigenvalue weighted by atomic mass is 9.77. The van der Waals surface area contributed by atoms with Crippen LogP contribution in [0.4, 0.5) is 0 Å². The van der Waals surface area contributed by atoms with Gasteiger partial charge in [0, 0.05) is 0 Å². The van der Waals surface area contributed by atoms with E-state index in [0.29, 0.717) is 16.8 Å². The normalized spacial score (nSPS) is 18.7.